The molecule has 2 nitrogen and oxygen atoms in total. The number of hydrogen-bond donors (Lipinski definition) is 1. The minimum atomic E-state index is -2.64. The Balaban J connectivity index is 1.93. The van der Waals surface area contributed by atoms with Crippen LogP contribution in [0.5, 0.6) is 0 Å². The monoisotopic (exact) mass is 254 g/mol. The Morgan fingerprint density at radius 1 is 1.39 bits per heavy atom. The number of aliphatic hydroxyl groups excluding tert-OH is 1. The summed E-state index contributed by atoms with van der Waals surface area (Å²) in [4.78, 5) is 11.8. The summed E-state index contributed by atoms with van der Waals surface area (Å²) in [6.07, 6.45) is -1.18. The highest BCUT2D eigenvalue weighted by atomic mass is 19.3. The summed E-state index contributed by atoms with van der Waals surface area (Å²) in [5.74, 6) is -3.31. The van der Waals surface area contributed by atoms with Crippen molar-refractivity contribution in [2.24, 2.45) is 5.92 Å². The second-order valence-corrected chi connectivity index (χ2v) is 4.95. The quantitative estimate of drug-likeness (QED) is 0.896. The zero-order chi connectivity index (χ0) is 13.2. The van der Waals surface area contributed by atoms with Crippen molar-refractivity contribution in [1.29, 1.82) is 0 Å². The number of carbonyl (C=O) groups is 1. The van der Waals surface area contributed by atoms with Crippen LogP contribution in [0, 0.1) is 5.92 Å². The number of hydrogen-bond acceptors (Lipinski definition) is 2. The Morgan fingerprint density at radius 3 is 2.61 bits per heavy atom. The molecule has 1 aromatic rings. The van der Waals surface area contributed by atoms with Gasteiger partial charge in [-0.25, -0.2) is 8.78 Å². The summed E-state index contributed by atoms with van der Waals surface area (Å²) >= 11 is 0. The van der Waals surface area contributed by atoms with Crippen LogP contribution in [-0.4, -0.2) is 16.8 Å². The molecule has 1 fully saturated rings. The minimum absolute atomic E-state index is 0.0334. The van der Waals surface area contributed by atoms with Gasteiger partial charge in [0.25, 0.3) is 0 Å². The molecule has 0 radical (unpaired) electrons. The van der Waals surface area contributed by atoms with Crippen molar-refractivity contribution in [2.45, 2.75) is 37.7 Å². The van der Waals surface area contributed by atoms with Gasteiger partial charge in [0, 0.05) is 19.3 Å². The predicted octanol–water partition coefficient (Wildman–Crippen LogP) is 3.11. The van der Waals surface area contributed by atoms with Crippen LogP contribution >= 0.6 is 0 Å². The molecule has 0 aliphatic heterocycles. The fraction of sp³-hybridized carbons (Fsp3) is 0.500. The summed E-state index contributed by atoms with van der Waals surface area (Å²) in [7, 11) is 0. The minimum Gasteiger partial charge on any atom is -0.381 e. The number of carbonyl (C=O) groups excluding carboxylic acids is 1. The van der Waals surface area contributed by atoms with Gasteiger partial charge in [-0.2, -0.15) is 0 Å². The Kier molecular flexibility index (Phi) is 3.76. The normalized spacial score (nSPS) is 23.8. The van der Waals surface area contributed by atoms with Crippen molar-refractivity contribution in [3.05, 3.63) is 35.9 Å². The molecular weight excluding hydrogens is 238 g/mol. The Hall–Kier alpha value is -1.29. The number of benzene rings is 1. The first-order chi connectivity index (χ1) is 8.48. The van der Waals surface area contributed by atoms with E-state index in [-0.39, 0.29) is 31.0 Å². The summed E-state index contributed by atoms with van der Waals surface area (Å²) < 4.78 is 26.0. The fourth-order valence-electron chi connectivity index (χ4n) is 2.43. The largest absolute Gasteiger partial charge is 0.381 e. The third kappa shape index (κ3) is 3.13. The Labute approximate surface area is 105 Å². The number of Topliss-reactive ketones (excluding diaryl/α,β-unsaturated/α-hetero) is 1. The Bertz CT molecular complexity index is 417. The summed E-state index contributed by atoms with van der Waals surface area (Å²) in [5, 5.41) is 9.84. The second kappa shape index (κ2) is 5.14. The van der Waals surface area contributed by atoms with Crippen LogP contribution in [-0.2, 0) is 4.79 Å². The van der Waals surface area contributed by atoms with Crippen molar-refractivity contribution in [1.82, 2.24) is 0 Å². The fourth-order valence-corrected chi connectivity index (χ4v) is 2.43. The molecule has 1 saturated carbocycles. The molecule has 2 unspecified atom stereocenters. The van der Waals surface area contributed by atoms with Crippen LogP contribution in [0.2, 0.25) is 0 Å². The van der Waals surface area contributed by atoms with Gasteiger partial charge in [-0.05, 0) is 17.9 Å². The van der Waals surface area contributed by atoms with Gasteiger partial charge in [-0.15, -0.1) is 0 Å². The average Bonchev–Trinajstić information content (AvgIpc) is 2.68. The van der Waals surface area contributed by atoms with Crippen LogP contribution in [0.25, 0.3) is 0 Å². The van der Waals surface area contributed by atoms with Gasteiger partial charge in [-0.1, -0.05) is 30.3 Å². The van der Waals surface area contributed by atoms with E-state index in [0.29, 0.717) is 12.0 Å². The third-order valence-corrected chi connectivity index (χ3v) is 3.42. The van der Waals surface area contributed by atoms with Crippen molar-refractivity contribution in [3.63, 3.8) is 0 Å². The van der Waals surface area contributed by atoms with Gasteiger partial charge >= 0.3 is 0 Å². The highest BCUT2D eigenvalue weighted by Crippen LogP contribution is 2.40. The molecule has 98 valence electrons. The van der Waals surface area contributed by atoms with E-state index in [1.54, 1.807) is 30.3 Å². The topological polar surface area (TPSA) is 37.3 Å². The summed E-state index contributed by atoms with van der Waals surface area (Å²) in [5.41, 5.74) is 0.521. The van der Waals surface area contributed by atoms with Gasteiger partial charge < -0.3 is 5.11 Å². The second-order valence-electron chi connectivity index (χ2n) is 4.95. The molecule has 0 aromatic heterocycles. The maximum Gasteiger partial charge on any atom is 0.248 e. The molecule has 0 spiro atoms. The Morgan fingerprint density at radius 2 is 2.06 bits per heavy atom. The highest BCUT2D eigenvalue weighted by Gasteiger charge is 2.40. The van der Waals surface area contributed by atoms with Gasteiger partial charge in [0.2, 0.25) is 5.92 Å². The van der Waals surface area contributed by atoms with E-state index in [9.17, 15) is 18.7 Å². The van der Waals surface area contributed by atoms with Gasteiger partial charge in [0.05, 0.1) is 0 Å². The zero-order valence-corrected chi connectivity index (χ0v) is 9.98. The first-order valence-corrected chi connectivity index (χ1v) is 6.11. The molecule has 0 heterocycles. The summed E-state index contributed by atoms with van der Waals surface area (Å²) in [6, 6.07) is 8.57. The van der Waals surface area contributed by atoms with E-state index in [1.807, 2.05) is 0 Å². The number of halogens is 2. The van der Waals surface area contributed by atoms with E-state index in [0.717, 1.165) is 0 Å². The number of aliphatic hydroxyl groups is 1. The molecule has 1 N–H and O–H groups in total. The molecular formula is C14H16F2O2. The lowest BCUT2D eigenvalue weighted by atomic mass is 9.95. The SMILES string of the molecule is O=C(CC1CCC(F)(F)C1)C(O)c1ccccc1. The molecule has 1 aromatic carbocycles. The van der Waals surface area contributed by atoms with Gasteiger partial charge in [0.1, 0.15) is 6.10 Å². The van der Waals surface area contributed by atoms with Crippen molar-refractivity contribution in [3.8, 4) is 0 Å². The molecule has 4 heteroatoms. The van der Waals surface area contributed by atoms with Crippen LogP contribution in [0.4, 0.5) is 8.78 Å². The smallest absolute Gasteiger partial charge is 0.248 e. The first-order valence-electron chi connectivity index (χ1n) is 6.11. The van der Waals surface area contributed by atoms with E-state index in [2.05, 4.69) is 0 Å². The molecule has 18 heavy (non-hydrogen) atoms. The molecule has 2 atom stereocenters. The van der Waals surface area contributed by atoms with E-state index in [4.69, 9.17) is 0 Å². The maximum atomic E-state index is 13.0. The number of rotatable bonds is 4. The van der Waals surface area contributed by atoms with Crippen LogP contribution in [0.1, 0.15) is 37.4 Å². The summed E-state index contributed by atoms with van der Waals surface area (Å²) in [6.45, 7) is 0. The van der Waals surface area contributed by atoms with Gasteiger partial charge in [-0.3, -0.25) is 4.79 Å². The van der Waals surface area contributed by atoms with E-state index < -0.39 is 12.0 Å². The van der Waals surface area contributed by atoms with E-state index >= 15 is 0 Å². The lowest BCUT2D eigenvalue weighted by molar-refractivity contribution is -0.128. The van der Waals surface area contributed by atoms with Crippen LogP contribution in [0.15, 0.2) is 30.3 Å². The average molecular weight is 254 g/mol. The molecule has 0 amide bonds. The predicted molar refractivity (Wildman–Crippen MR) is 63.3 cm³/mol. The van der Waals surface area contributed by atoms with Crippen molar-refractivity contribution < 1.29 is 18.7 Å². The lowest BCUT2D eigenvalue weighted by Crippen LogP contribution is -2.16. The highest BCUT2D eigenvalue weighted by molar-refractivity contribution is 5.84. The lowest BCUT2D eigenvalue weighted by Gasteiger charge is -2.13. The van der Waals surface area contributed by atoms with Crippen LogP contribution in [0.3, 0.4) is 0 Å². The molecule has 1 aliphatic carbocycles. The van der Waals surface area contributed by atoms with Crippen LogP contribution < -0.4 is 0 Å². The third-order valence-electron chi connectivity index (χ3n) is 3.42. The van der Waals surface area contributed by atoms with Crippen molar-refractivity contribution >= 4 is 5.78 Å². The van der Waals surface area contributed by atoms with E-state index in [1.165, 1.54) is 0 Å². The molecule has 1 aliphatic rings. The zero-order valence-electron chi connectivity index (χ0n) is 9.98. The number of ketones is 1. The van der Waals surface area contributed by atoms with Crippen molar-refractivity contribution in [2.75, 3.05) is 0 Å². The van der Waals surface area contributed by atoms with Gasteiger partial charge in [0.15, 0.2) is 5.78 Å². The molecule has 2 rings (SSSR count). The number of alkyl halides is 2. The standard InChI is InChI=1S/C14H16F2O2/c15-14(16)7-6-10(9-14)8-12(17)13(18)11-4-2-1-3-5-11/h1-5,10,13,18H,6-9H2. The molecule has 0 saturated heterocycles. The first kappa shape index (κ1) is 13.1. The maximum absolute atomic E-state index is 13.0. The molecule has 0 bridgehead atoms.